The van der Waals surface area contributed by atoms with E-state index in [4.69, 9.17) is 16.7 Å². The highest BCUT2D eigenvalue weighted by Gasteiger charge is 2.04. The van der Waals surface area contributed by atoms with Gasteiger partial charge in [-0.15, -0.1) is 0 Å². The van der Waals surface area contributed by atoms with E-state index in [-0.39, 0.29) is 12.4 Å². The quantitative estimate of drug-likeness (QED) is 0.893. The number of imidazole rings is 1. The maximum Gasteiger partial charge on any atom is 0.129 e. The lowest BCUT2D eigenvalue weighted by molar-refractivity contribution is 0.277. The van der Waals surface area contributed by atoms with Crippen LogP contribution in [-0.4, -0.2) is 14.7 Å². The van der Waals surface area contributed by atoms with Gasteiger partial charge < -0.3 is 9.67 Å². The number of aromatic nitrogens is 2. The second-order valence-corrected chi connectivity index (χ2v) is 3.87. The number of aliphatic hydroxyl groups is 1. The maximum atomic E-state index is 13.5. The third-order valence-corrected chi connectivity index (χ3v) is 2.45. The summed E-state index contributed by atoms with van der Waals surface area (Å²) in [6.45, 7) is 0.256. The van der Waals surface area contributed by atoms with Crippen LogP contribution in [-0.2, 0) is 13.2 Å². The second-order valence-electron chi connectivity index (χ2n) is 3.43. The molecule has 0 aliphatic heterocycles. The fourth-order valence-electron chi connectivity index (χ4n) is 1.42. The van der Waals surface area contributed by atoms with E-state index in [0.717, 1.165) is 0 Å². The van der Waals surface area contributed by atoms with Gasteiger partial charge in [0.2, 0.25) is 0 Å². The van der Waals surface area contributed by atoms with Crippen molar-refractivity contribution in [3.8, 4) is 0 Å². The summed E-state index contributed by atoms with van der Waals surface area (Å²) < 4.78 is 15.2. The van der Waals surface area contributed by atoms with Crippen LogP contribution < -0.4 is 0 Å². The molecule has 0 radical (unpaired) electrons. The Labute approximate surface area is 97.1 Å². The van der Waals surface area contributed by atoms with Gasteiger partial charge in [-0.1, -0.05) is 17.7 Å². The number of benzene rings is 1. The molecule has 16 heavy (non-hydrogen) atoms. The predicted molar refractivity (Wildman–Crippen MR) is 58.7 cm³/mol. The highest BCUT2D eigenvalue weighted by Crippen LogP contribution is 2.15. The average Bonchev–Trinajstić information content (AvgIpc) is 2.70. The Morgan fingerprint density at radius 1 is 1.44 bits per heavy atom. The Bertz CT molecular complexity index is 498. The number of nitrogens with zero attached hydrogens (tertiary/aromatic N) is 2. The minimum absolute atomic E-state index is 0.115. The molecule has 0 unspecified atom stereocenters. The summed E-state index contributed by atoms with van der Waals surface area (Å²) in [5.74, 6) is -0.341. The molecule has 1 aromatic carbocycles. The third-order valence-electron chi connectivity index (χ3n) is 2.22. The summed E-state index contributed by atoms with van der Waals surface area (Å²) in [6.07, 6.45) is 3.23. The lowest BCUT2D eigenvalue weighted by Crippen LogP contribution is -1.99. The number of hydrogen-bond donors (Lipinski definition) is 1. The number of aliphatic hydroxyl groups excluding tert-OH is 1. The van der Waals surface area contributed by atoms with Gasteiger partial charge in [-0.2, -0.15) is 0 Å². The van der Waals surface area contributed by atoms with Crippen LogP contribution in [0.15, 0.2) is 30.7 Å². The van der Waals surface area contributed by atoms with Gasteiger partial charge >= 0.3 is 0 Å². The van der Waals surface area contributed by atoms with Crippen molar-refractivity contribution in [3.05, 3.63) is 52.8 Å². The van der Waals surface area contributed by atoms with Crippen molar-refractivity contribution in [1.82, 2.24) is 9.55 Å². The molecule has 2 aromatic rings. The minimum Gasteiger partial charge on any atom is -0.390 e. The number of rotatable bonds is 3. The number of hydrogen-bond acceptors (Lipinski definition) is 2. The molecular weight excluding hydrogens is 231 g/mol. The molecule has 1 N–H and O–H groups in total. The Balaban J connectivity index is 2.20. The van der Waals surface area contributed by atoms with E-state index in [2.05, 4.69) is 4.98 Å². The lowest BCUT2D eigenvalue weighted by Gasteiger charge is -2.04. The van der Waals surface area contributed by atoms with Gasteiger partial charge in [0.1, 0.15) is 5.82 Å². The first-order chi connectivity index (χ1) is 7.69. The van der Waals surface area contributed by atoms with Crippen molar-refractivity contribution in [2.24, 2.45) is 0 Å². The van der Waals surface area contributed by atoms with E-state index < -0.39 is 0 Å². The summed E-state index contributed by atoms with van der Waals surface area (Å²) in [5, 5.41) is 9.22. The van der Waals surface area contributed by atoms with E-state index in [9.17, 15) is 4.39 Å². The molecule has 3 nitrogen and oxygen atoms in total. The largest absolute Gasteiger partial charge is 0.390 e. The standard InChI is InChI=1S/C11H10ClFN2O/c12-9-2-1-8(11(13)3-9)4-15-5-10(6-16)14-7-15/h1-3,5,7,16H,4,6H2. The Morgan fingerprint density at radius 3 is 2.88 bits per heavy atom. The maximum absolute atomic E-state index is 13.5. The first-order valence-corrected chi connectivity index (χ1v) is 5.12. The van der Waals surface area contributed by atoms with Gasteiger partial charge in [0, 0.05) is 16.8 Å². The molecule has 1 heterocycles. The van der Waals surface area contributed by atoms with Gasteiger partial charge in [0.05, 0.1) is 25.2 Å². The highest BCUT2D eigenvalue weighted by atomic mass is 35.5. The first kappa shape index (κ1) is 11.1. The van der Waals surface area contributed by atoms with Crippen LogP contribution in [0.3, 0.4) is 0 Å². The van der Waals surface area contributed by atoms with E-state index in [1.54, 1.807) is 29.2 Å². The average molecular weight is 241 g/mol. The van der Waals surface area contributed by atoms with E-state index in [1.807, 2.05) is 0 Å². The van der Waals surface area contributed by atoms with E-state index in [0.29, 0.717) is 22.8 Å². The molecule has 5 heteroatoms. The van der Waals surface area contributed by atoms with E-state index >= 15 is 0 Å². The fourth-order valence-corrected chi connectivity index (χ4v) is 1.58. The van der Waals surface area contributed by atoms with Crippen molar-refractivity contribution in [1.29, 1.82) is 0 Å². The number of halogens is 2. The summed E-state index contributed by atoms with van der Waals surface area (Å²) in [7, 11) is 0. The van der Waals surface area contributed by atoms with Gasteiger partial charge in [0.25, 0.3) is 0 Å². The van der Waals surface area contributed by atoms with Crippen LogP contribution in [0.1, 0.15) is 11.3 Å². The zero-order valence-corrected chi connectivity index (χ0v) is 9.15. The monoisotopic (exact) mass is 240 g/mol. The van der Waals surface area contributed by atoms with Gasteiger partial charge in [-0.3, -0.25) is 0 Å². The highest BCUT2D eigenvalue weighted by molar-refractivity contribution is 6.30. The normalized spacial score (nSPS) is 10.7. The zero-order chi connectivity index (χ0) is 11.5. The van der Waals surface area contributed by atoms with Crippen LogP contribution in [0.4, 0.5) is 4.39 Å². The molecule has 0 aliphatic carbocycles. The summed E-state index contributed by atoms with van der Waals surface area (Å²) in [4.78, 5) is 3.94. The van der Waals surface area contributed by atoms with E-state index in [1.165, 1.54) is 6.07 Å². The van der Waals surface area contributed by atoms with Crippen LogP contribution in [0.25, 0.3) is 0 Å². The lowest BCUT2D eigenvalue weighted by atomic mass is 10.2. The third kappa shape index (κ3) is 2.40. The van der Waals surface area contributed by atoms with Gasteiger partial charge in [-0.25, -0.2) is 9.37 Å². The Kier molecular flexibility index (Phi) is 3.22. The van der Waals surface area contributed by atoms with Crippen LogP contribution >= 0.6 is 11.6 Å². The SMILES string of the molecule is OCc1cn(Cc2ccc(Cl)cc2F)cn1. The van der Waals surface area contributed by atoms with Crippen molar-refractivity contribution < 1.29 is 9.50 Å². The van der Waals surface area contributed by atoms with Crippen molar-refractivity contribution in [2.45, 2.75) is 13.2 Å². The van der Waals surface area contributed by atoms with Gasteiger partial charge in [0.15, 0.2) is 0 Å². The minimum atomic E-state index is -0.341. The molecule has 0 saturated heterocycles. The van der Waals surface area contributed by atoms with Crippen molar-refractivity contribution in [2.75, 3.05) is 0 Å². The molecule has 0 atom stereocenters. The molecule has 0 spiro atoms. The van der Waals surface area contributed by atoms with Gasteiger partial charge in [-0.05, 0) is 12.1 Å². The van der Waals surface area contributed by atoms with Crippen molar-refractivity contribution >= 4 is 11.6 Å². The topological polar surface area (TPSA) is 38.0 Å². The Hall–Kier alpha value is -1.39. The van der Waals surface area contributed by atoms with Crippen LogP contribution in [0.5, 0.6) is 0 Å². The molecule has 0 fully saturated rings. The molecular formula is C11H10ClFN2O. The van der Waals surface area contributed by atoms with Crippen LogP contribution in [0, 0.1) is 5.82 Å². The van der Waals surface area contributed by atoms with Crippen molar-refractivity contribution in [3.63, 3.8) is 0 Å². The fraction of sp³-hybridized carbons (Fsp3) is 0.182. The smallest absolute Gasteiger partial charge is 0.129 e. The zero-order valence-electron chi connectivity index (χ0n) is 8.40. The predicted octanol–water partition coefficient (Wildman–Crippen LogP) is 2.22. The Morgan fingerprint density at radius 2 is 2.25 bits per heavy atom. The van der Waals surface area contributed by atoms with Crippen LogP contribution in [0.2, 0.25) is 5.02 Å². The molecule has 0 saturated carbocycles. The molecule has 0 amide bonds. The molecule has 2 rings (SSSR count). The summed E-state index contributed by atoms with van der Waals surface area (Å²) in [5.41, 5.74) is 1.10. The summed E-state index contributed by atoms with van der Waals surface area (Å²) >= 11 is 5.65. The molecule has 0 aliphatic rings. The first-order valence-electron chi connectivity index (χ1n) is 4.74. The summed E-state index contributed by atoms with van der Waals surface area (Å²) in [6, 6.07) is 4.56. The molecule has 1 aromatic heterocycles. The second kappa shape index (κ2) is 4.63. The molecule has 0 bridgehead atoms. The molecule has 84 valence electrons.